The SMILES string of the molecule is CC(=O)OC/C=C/CCCCCNCc1ccccc1. The Morgan fingerprint density at radius 1 is 1.15 bits per heavy atom. The Labute approximate surface area is 122 Å². The van der Waals surface area contributed by atoms with Gasteiger partial charge in [0, 0.05) is 13.5 Å². The van der Waals surface area contributed by atoms with Gasteiger partial charge >= 0.3 is 5.97 Å². The molecule has 0 saturated heterocycles. The van der Waals surface area contributed by atoms with Crippen molar-refractivity contribution >= 4 is 5.97 Å². The summed E-state index contributed by atoms with van der Waals surface area (Å²) in [6, 6.07) is 10.5. The molecule has 110 valence electrons. The van der Waals surface area contributed by atoms with Crippen molar-refractivity contribution in [3.05, 3.63) is 48.0 Å². The molecule has 0 fully saturated rings. The van der Waals surface area contributed by atoms with Crippen LogP contribution in [0.25, 0.3) is 0 Å². The van der Waals surface area contributed by atoms with Gasteiger partial charge in [-0.05, 0) is 31.4 Å². The number of ether oxygens (including phenoxy) is 1. The van der Waals surface area contributed by atoms with Gasteiger partial charge < -0.3 is 10.1 Å². The van der Waals surface area contributed by atoms with Crippen LogP contribution in [-0.2, 0) is 16.1 Å². The van der Waals surface area contributed by atoms with Crippen LogP contribution in [0, 0.1) is 0 Å². The summed E-state index contributed by atoms with van der Waals surface area (Å²) in [5, 5.41) is 3.45. The molecule has 0 heterocycles. The number of hydrogen-bond acceptors (Lipinski definition) is 3. The molecule has 0 aliphatic carbocycles. The van der Waals surface area contributed by atoms with Crippen LogP contribution in [0.3, 0.4) is 0 Å². The van der Waals surface area contributed by atoms with E-state index in [4.69, 9.17) is 4.74 Å². The highest BCUT2D eigenvalue weighted by molar-refractivity contribution is 5.65. The number of benzene rings is 1. The molecule has 1 aromatic rings. The van der Waals surface area contributed by atoms with Crippen LogP contribution in [0.2, 0.25) is 0 Å². The molecule has 0 unspecified atom stereocenters. The Bertz CT molecular complexity index is 387. The van der Waals surface area contributed by atoms with Gasteiger partial charge in [-0.15, -0.1) is 0 Å². The average Bonchev–Trinajstić information content (AvgIpc) is 2.45. The minimum Gasteiger partial charge on any atom is -0.462 e. The van der Waals surface area contributed by atoms with E-state index in [2.05, 4.69) is 35.7 Å². The number of unbranched alkanes of at least 4 members (excludes halogenated alkanes) is 3. The quantitative estimate of drug-likeness (QED) is 0.404. The second kappa shape index (κ2) is 11.2. The molecule has 3 nitrogen and oxygen atoms in total. The van der Waals surface area contributed by atoms with Crippen LogP contribution in [-0.4, -0.2) is 19.1 Å². The Kier molecular flexibility index (Phi) is 9.24. The van der Waals surface area contributed by atoms with Gasteiger partial charge in [0.15, 0.2) is 0 Å². The van der Waals surface area contributed by atoms with Crippen molar-refractivity contribution < 1.29 is 9.53 Å². The first-order valence-electron chi connectivity index (χ1n) is 7.32. The van der Waals surface area contributed by atoms with Crippen LogP contribution in [0.5, 0.6) is 0 Å². The predicted molar refractivity (Wildman–Crippen MR) is 82.4 cm³/mol. The molecule has 0 radical (unpaired) electrons. The highest BCUT2D eigenvalue weighted by atomic mass is 16.5. The predicted octanol–water partition coefficient (Wildman–Crippen LogP) is 3.46. The van der Waals surface area contributed by atoms with Crippen molar-refractivity contribution in [2.24, 2.45) is 0 Å². The number of esters is 1. The summed E-state index contributed by atoms with van der Waals surface area (Å²) in [6.07, 6.45) is 8.66. The average molecular weight is 275 g/mol. The van der Waals surface area contributed by atoms with Gasteiger partial charge in [0.2, 0.25) is 0 Å². The highest BCUT2D eigenvalue weighted by Gasteiger charge is 1.91. The van der Waals surface area contributed by atoms with Crippen molar-refractivity contribution in [1.82, 2.24) is 5.32 Å². The lowest BCUT2D eigenvalue weighted by Crippen LogP contribution is -2.14. The summed E-state index contributed by atoms with van der Waals surface area (Å²) in [4.78, 5) is 10.5. The van der Waals surface area contributed by atoms with Crippen LogP contribution >= 0.6 is 0 Å². The molecule has 0 saturated carbocycles. The van der Waals surface area contributed by atoms with E-state index in [1.54, 1.807) is 0 Å². The maximum atomic E-state index is 10.5. The van der Waals surface area contributed by atoms with E-state index in [9.17, 15) is 4.79 Å². The summed E-state index contributed by atoms with van der Waals surface area (Å²) in [7, 11) is 0. The molecule has 0 aromatic heterocycles. The van der Waals surface area contributed by atoms with E-state index in [1.807, 2.05) is 12.1 Å². The number of hydrogen-bond donors (Lipinski definition) is 1. The molecular weight excluding hydrogens is 250 g/mol. The summed E-state index contributed by atoms with van der Waals surface area (Å²) in [5.74, 6) is -0.223. The van der Waals surface area contributed by atoms with E-state index in [1.165, 1.54) is 31.7 Å². The maximum Gasteiger partial charge on any atom is 0.302 e. The van der Waals surface area contributed by atoms with Gasteiger partial charge in [-0.25, -0.2) is 0 Å². The second-order valence-electron chi connectivity index (χ2n) is 4.79. The monoisotopic (exact) mass is 275 g/mol. The Morgan fingerprint density at radius 2 is 1.95 bits per heavy atom. The van der Waals surface area contributed by atoms with Gasteiger partial charge in [-0.3, -0.25) is 4.79 Å². The first kappa shape index (κ1) is 16.4. The standard InChI is InChI=1S/C17H25NO2/c1-16(19)20-14-10-5-3-2-4-9-13-18-15-17-11-7-6-8-12-17/h5-8,10-12,18H,2-4,9,13-15H2,1H3/b10-5+. The van der Waals surface area contributed by atoms with Crippen molar-refractivity contribution in [3.8, 4) is 0 Å². The van der Waals surface area contributed by atoms with E-state index in [0.717, 1.165) is 19.5 Å². The smallest absolute Gasteiger partial charge is 0.302 e. The van der Waals surface area contributed by atoms with E-state index >= 15 is 0 Å². The Morgan fingerprint density at radius 3 is 2.70 bits per heavy atom. The second-order valence-corrected chi connectivity index (χ2v) is 4.79. The first-order valence-corrected chi connectivity index (χ1v) is 7.32. The lowest BCUT2D eigenvalue weighted by Gasteiger charge is -2.04. The summed E-state index contributed by atoms with van der Waals surface area (Å²) < 4.78 is 4.81. The molecule has 0 spiro atoms. The number of rotatable bonds is 10. The van der Waals surface area contributed by atoms with Crippen molar-refractivity contribution in [2.75, 3.05) is 13.2 Å². The molecule has 1 aromatic carbocycles. The van der Waals surface area contributed by atoms with Crippen LogP contribution in [0.1, 0.15) is 38.2 Å². The van der Waals surface area contributed by atoms with Crippen LogP contribution < -0.4 is 5.32 Å². The maximum absolute atomic E-state index is 10.5. The molecule has 3 heteroatoms. The molecule has 0 aliphatic rings. The topological polar surface area (TPSA) is 38.3 Å². The third-order valence-electron chi connectivity index (χ3n) is 2.95. The first-order chi connectivity index (χ1) is 9.79. The van der Waals surface area contributed by atoms with Crippen molar-refractivity contribution in [3.63, 3.8) is 0 Å². The molecule has 0 aliphatic heterocycles. The fourth-order valence-corrected chi connectivity index (χ4v) is 1.87. The third kappa shape index (κ3) is 9.34. The van der Waals surface area contributed by atoms with E-state index in [-0.39, 0.29) is 5.97 Å². The van der Waals surface area contributed by atoms with Gasteiger partial charge in [0.25, 0.3) is 0 Å². The number of carbonyl (C=O) groups excluding carboxylic acids is 1. The number of nitrogens with one attached hydrogen (secondary N) is 1. The molecule has 0 bridgehead atoms. The fraction of sp³-hybridized carbons (Fsp3) is 0.471. The molecular formula is C17H25NO2. The molecule has 1 rings (SSSR count). The Balaban J connectivity index is 1.86. The third-order valence-corrected chi connectivity index (χ3v) is 2.95. The zero-order valence-corrected chi connectivity index (χ0v) is 12.3. The highest BCUT2D eigenvalue weighted by Crippen LogP contribution is 2.01. The summed E-state index contributed by atoms with van der Waals surface area (Å²) >= 11 is 0. The zero-order chi connectivity index (χ0) is 14.5. The number of allylic oxidation sites excluding steroid dienone is 1. The van der Waals surface area contributed by atoms with Gasteiger partial charge in [-0.2, -0.15) is 0 Å². The van der Waals surface area contributed by atoms with Gasteiger partial charge in [0.1, 0.15) is 6.61 Å². The lowest BCUT2D eigenvalue weighted by molar-refractivity contribution is -0.139. The summed E-state index contributed by atoms with van der Waals surface area (Å²) in [5.41, 5.74) is 1.33. The Hall–Kier alpha value is -1.61. The molecule has 20 heavy (non-hydrogen) atoms. The molecule has 0 atom stereocenters. The minimum absolute atomic E-state index is 0.223. The number of carbonyl (C=O) groups is 1. The van der Waals surface area contributed by atoms with Crippen molar-refractivity contribution in [1.29, 1.82) is 0 Å². The normalized spacial score (nSPS) is 10.8. The summed E-state index contributed by atoms with van der Waals surface area (Å²) in [6.45, 7) is 3.83. The largest absolute Gasteiger partial charge is 0.462 e. The lowest BCUT2D eigenvalue weighted by atomic mass is 10.2. The molecule has 1 N–H and O–H groups in total. The fourth-order valence-electron chi connectivity index (χ4n) is 1.87. The van der Waals surface area contributed by atoms with Gasteiger partial charge in [-0.1, -0.05) is 48.9 Å². The van der Waals surface area contributed by atoms with Crippen LogP contribution in [0.15, 0.2) is 42.5 Å². The molecule has 0 amide bonds. The van der Waals surface area contributed by atoms with Crippen molar-refractivity contribution in [2.45, 2.75) is 39.2 Å². The van der Waals surface area contributed by atoms with E-state index in [0.29, 0.717) is 6.61 Å². The van der Waals surface area contributed by atoms with Crippen LogP contribution in [0.4, 0.5) is 0 Å². The minimum atomic E-state index is -0.223. The van der Waals surface area contributed by atoms with E-state index < -0.39 is 0 Å². The van der Waals surface area contributed by atoms with Gasteiger partial charge in [0.05, 0.1) is 0 Å². The zero-order valence-electron chi connectivity index (χ0n) is 12.3.